The fourth-order valence-electron chi connectivity index (χ4n) is 2.35. The lowest BCUT2D eigenvalue weighted by molar-refractivity contribution is 0.726. The van der Waals surface area contributed by atoms with Crippen molar-refractivity contribution in [3.63, 3.8) is 0 Å². The van der Waals surface area contributed by atoms with Gasteiger partial charge in [-0.2, -0.15) is 0 Å². The Balaban J connectivity index is 2.00. The maximum atomic E-state index is 4.49. The van der Waals surface area contributed by atoms with E-state index < -0.39 is 0 Å². The molecule has 3 heterocycles. The van der Waals surface area contributed by atoms with Crippen molar-refractivity contribution in [2.75, 3.05) is 18.0 Å². The Labute approximate surface area is 94.9 Å². The molecule has 0 N–H and O–H groups in total. The van der Waals surface area contributed by atoms with E-state index in [2.05, 4.69) is 14.9 Å². The molecule has 2 aromatic heterocycles. The number of hydrogen-bond acceptors (Lipinski definition) is 3. The molecule has 3 rings (SSSR count). The van der Waals surface area contributed by atoms with Crippen molar-refractivity contribution in [3.8, 4) is 0 Å². The van der Waals surface area contributed by atoms with Crippen molar-refractivity contribution in [3.05, 3.63) is 24.8 Å². The van der Waals surface area contributed by atoms with Crippen LogP contribution >= 0.6 is 0 Å². The molecule has 0 saturated carbocycles. The lowest BCUT2D eigenvalue weighted by Gasteiger charge is -2.21. The zero-order chi connectivity index (χ0) is 10.8. The van der Waals surface area contributed by atoms with Gasteiger partial charge in [0.15, 0.2) is 11.5 Å². The summed E-state index contributed by atoms with van der Waals surface area (Å²) in [5.74, 6) is 1.04. The molecular formula is C12H16N4. The first-order valence-corrected chi connectivity index (χ1v) is 5.98. The van der Waals surface area contributed by atoms with E-state index >= 15 is 0 Å². The predicted octanol–water partition coefficient (Wildman–Crippen LogP) is 2.11. The number of fused-ring (bicyclic) bond motifs is 1. The third-order valence-corrected chi connectivity index (χ3v) is 3.20. The van der Waals surface area contributed by atoms with Crippen molar-refractivity contribution in [1.29, 1.82) is 0 Å². The second-order valence-electron chi connectivity index (χ2n) is 4.31. The zero-order valence-corrected chi connectivity index (χ0v) is 9.34. The Morgan fingerprint density at radius 2 is 1.56 bits per heavy atom. The number of nitrogens with zero attached hydrogens (tertiary/aromatic N) is 4. The van der Waals surface area contributed by atoms with Gasteiger partial charge in [0, 0.05) is 37.9 Å². The first-order valence-electron chi connectivity index (χ1n) is 5.98. The monoisotopic (exact) mass is 216 g/mol. The Bertz CT molecular complexity index is 469. The molecule has 0 bridgehead atoms. The van der Waals surface area contributed by atoms with Crippen LogP contribution in [0.25, 0.3) is 5.65 Å². The van der Waals surface area contributed by atoms with E-state index in [1.54, 1.807) is 0 Å². The number of rotatable bonds is 1. The van der Waals surface area contributed by atoms with E-state index in [9.17, 15) is 0 Å². The fraction of sp³-hybridized carbons (Fsp3) is 0.500. The van der Waals surface area contributed by atoms with Crippen LogP contribution in [0, 0.1) is 0 Å². The number of hydrogen-bond donors (Lipinski definition) is 0. The van der Waals surface area contributed by atoms with Gasteiger partial charge in [0.05, 0.1) is 0 Å². The summed E-state index contributed by atoms with van der Waals surface area (Å²) in [7, 11) is 0. The highest BCUT2D eigenvalue weighted by molar-refractivity contribution is 5.63. The van der Waals surface area contributed by atoms with E-state index in [4.69, 9.17) is 0 Å². The highest BCUT2D eigenvalue weighted by atomic mass is 15.2. The zero-order valence-electron chi connectivity index (χ0n) is 9.34. The van der Waals surface area contributed by atoms with E-state index in [-0.39, 0.29) is 0 Å². The quantitative estimate of drug-likeness (QED) is 0.732. The second-order valence-corrected chi connectivity index (χ2v) is 4.31. The Morgan fingerprint density at radius 1 is 0.875 bits per heavy atom. The van der Waals surface area contributed by atoms with E-state index in [0.717, 1.165) is 24.6 Å². The average molecular weight is 216 g/mol. The van der Waals surface area contributed by atoms with Crippen LogP contribution in [-0.2, 0) is 0 Å². The first-order chi connectivity index (χ1) is 7.95. The SMILES string of the molecule is c1cn2ccnc2c(N2CCCCCC2)n1. The number of anilines is 1. The molecule has 4 nitrogen and oxygen atoms in total. The molecule has 1 aliphatic rings. The molecule has 84 valence electrons. The molecule has 0 radical (unpaired) electrons. The largest absolute Gasteiger partial charge is 0.354 e. The lowest BCUT2D eigenvalue weighted by atomic mass is 10.2. The van der Waals surface area contributed by atoms with Crippen molar-refractivity contribution < 1.29 is 0 Å². The summed E-state index contributed by atoms with van der Waals surface area (Å²) in [4.78, 5) is 11.2. The van der Waals surface area contributed by atoms with E-state index in [1.807, 2.05) is 29.2 Å². The molecule has 0 aliphatic carbocycles. The molecule has 0 atom stereocenters. The van der Waals surface area contributed by atoms with Crippen LogP contribution in [0.15, 0.2) is 24.8 Å². The predicted molar refractivity (Wildman–Crippen MR) is 63.7 cm³/mol. The minimum absolute atomic E-state index is 0.976. The van der Waals surface area contributed by atoms with Crippen LogP contribution in [0.5, 0.6) is 0 Å². The van der Waals surface area contributed by atoms with Crippen LogP contribution in [0.2, 0.25) is 0 Å². The summed E-state index contributed by atoms with van der Waals surface area (Å²) in [5.41, 5.74) is 0.976. The second kappa shape index (κ2) is 4.12. The Hall–Kier alpha value is -1.58. The summed E-state index contributed by atoms with van der Waals surface area (Å²) in [5, 5.41) is 0. The normalized spacial score (nSPS) is 17.6. The van der Waals surface area contributed by atoms with Crippen LogP contribution in [0.1, 0.15) is 25.7 Å². The molecule has 0 spiro atoms. The van der Waals surface area contributed by atoms with Gasteiger partial charge in [-0.3, -0.25) is 0 Å². The molecular weight excluding hydrogens is 200 g/mol. The summed E-state index contributed by atoms with van der Waals surface area (Å²) in [6.07, 6.45) is 12.8. The van der Waals surface area contributed by atoms with E-state index in [1.165, 1.54) is 25.7 Å². The van der Waals surface area contributed by atoms with Gasteiger partial charge in [0.1, 0.15) is 0 Å². The Kier molecular flexibility index (Phi) is 2.48. The van der Waals surface area contributed by atoms with Crippen LogP contribution in [0.3, 0.4) is 0 Å². The number of imidazole rings is 1. The van der Waals surface area contributed by atoms with Gasteiger partial charge < -0.3 is 9.30 Å². The molecule has 4 heteroatoms. The molecule has 16 heavy (non-hydrogen) atoms. The van der Waals surface area contributed by atoms with Gasteiger partial charge in [-0.25, -0.2) is 9.97 Å². The Morgan fingerprint density at radius 3 is 2.31 bits per heavy atom. The van der Waals surface area contributed by atoms with Crippen LogP contribution < -0.4 is 4.90 Å². The highest BCUT2D eigenvalue weighted by Crippen LogP contribution is 2.20. The summed E-state index contributed by atoms with van der Waals surface area (Å²) < 4.78 is 2.03. The third-order valence-electron chi connectivity index (χ3n) is 3.20. The van der Waals surface area contributed by atoms with Gasteiger partial charge in [0.2, 0.25) is 0 Å². The van der Waals surface area contributed by atoms with Crippen molar-refractivity contribution in [2.24, 2.45) is 0 Å². The maximum absolute atomic E-state index is 4.49. The van der Waals surface area contributed by atoms with Crippen molar-refractivity contribution >= 4 is 11.5 Å². The summed E-state index contributed by atoms with van der Waals surface area (Å²) in [6.45, 7) is 2.22. The van der Waals surface area contributed by atoms with Gasteiger partial charge in [0.25, 0.3) is 0 Å². The molecule has 1 saturated heterocycles. The van der Waals surface area contributed by atoms with Gasteiger partial charge >= 0.3 is 0 Å². The molecule has 1 fully saturated rings. The average Bonchev–Trinajstić information content (AvgIpc) is 2.63. The van der Waals surface area contributed by atoms with Crippen LogP contribution in [-0.4, -0.2) is 27.5 Å². The van der Waals surface area contributed by atoms with Gasteiger partial charge in [-0.05, 0) is 12.8 Å². The molecule has 0 unspecified atom stereocenters. The molecule has 2 aromatic rings. The minimum Gasteiger partial charge on any atom is -0.354 e. The van der Waals surface area contributed by atoms with Crippen LogP contribution in [0.4, 0.5) is 5.82 Å². The lowest BCUT2D eigenvalue weighted by Crippen LogP contribution is -2.25. The number of aromatic nitrogens is 3. The summed E-state index contributed by atoms with van der Waals surface area (Å²) in [6, 6.07) is 0. The standard InChI is InChI=1S/C12H16N4/c1-2-4-8-15(7-3-1)11-12-14-6-10-16(12)9-5-13-11/h5-6,9-10H,1-4,7-8H2. The highest BCUT2D eigenvalue weighted by Gasteiger charge is 2.14. The first kappa shape index (κ1) is 9.63. The molecule has 0 amide bonds. The maximum Gasteiger partial charge on any atom is 0.180 e. The van der Waals surface area contributed by atoms with Gasteiger partial charge in [-0.15, -0.1) is 0 Å². The fourth-order valence-corrected chi connectivity index (χ4v) is 2.35. The molecule has 0 aromatic carbocycles. The third kappa shape index (κ3) is 1.64. The summed E-state index contributed by atoms with van der Waals surface area (Å²) >= 11 is 0. The van der Waals surface area contributed by atoms with Crippen molar-refractivity contribution in [1.82, 2.24) is 14.4 Å². The minimum atomic E-state index is 0.976. The van der Waals surface area contributed by atoms with E-state index in [0.29, 0.717) is 0 Å². The molecule has 1 aliphatic heterocycles. The smallest absolute Gasteiger partial charge is 0.180 e. The topological polar surface area (TPSA) is 33.4 Å². The van der Waals surface area contributed by atoms with Crippen molar-refractivity contribution in [2.45, 2.75) is 25.7 Å². The van der Waals surface area contributed by atoms with Gasteiger partial charge in [-0.1, -0.05) is 12.8 Å².